The molecule has 0 saturated carbocycles. The fourth-order valence-corrected chi connectivity index (χ4v) is 2.51. The van der Waals surface area contributed by atoms with Gasteiger partial charge in [0.1, 0.15) is 0 Å². The highest BCUT2D eigenvalue weighted by Crippen LogP contribution is 2.28. The quantitative estimate of drug-likeness (QED) is 0.878. The molecule has 0 radical (unpaired) electrons. The maximum absolute atomic E-state index is 9.24. The number of aliphatic hydroxyl groups excluding tert-OH is 1. The van der Waals surface area contributed by atoms with Gasteiger partial charge in [-0.1, -0.05) is 22.0 Å². The molecule has 1 heterocycles. The van der Waals surface area contributed by atoms with Crippen molar-refractivity contribution < 1.29 is 5.11 Å². The van der Waals surface area contributed by atoms with Crippen molar-refractivity contribution >= 4 is 21.6 Å². The van der Waals surface area contributed by atoms with Crippen LogP contribution in [-0.2, 0) is 0 Å². The minimum absolute atomic E-state index is 0.0818. The van der Waals surface area contributed by atoms with Gasteiger partial charge in [0.25, 0.3) is 0 Å². The molecule has 1 aliphatic rings. The van der Waals surface area contributed by atoms with E-state index in [9.17, 15) is 5.11 Å². The second-order valence-electron chi connectivity index (χ2n) is 4.94. The maximum Gasteiger partial charge on any atom is 0.0612 e. The van der Waals surface area contributed by atoms with Crippen molar-refractivity contribution in [3.05, 3.63) is 28.2 Å². The Balaban J connectivity index is 2.08. The molecule has 0 unspecified atom stereocenters. The largest absolute Gasteiger partial charge is 0.394 e. The molecule has 0 bridgehead atoms. The zero-order valence-electron chi connectivity index (χ0n) is 10.1. The van der Waals surface area contributed by atoms with Crippen LogP contribution < -0.4 is 10.6 Å². The fraction of sp³-hybridized carbons (Fsp3) is 0.538. The van der Waals surface area contributed by atoms with Crippen molar-refractivity contribution in [2.45, 2.75) is 25.3 Å². The van der Waals surface area contributed by atoms with Crippen LogP contribution in [0, 0.1) is 6.92 Å². The molecule has 1 aromatic carbocycles. The van der Waals surface area contributed by atoms with Crippen LogP contribution in [0.3, 0.4) is 0 Å². The van der Waals surface area contributed by atoms with Crippen molar-refractivity contribution in [1.82, 2.24) is 0 Å². The van der Waals surface area contributed by atoms with Crippen molar-refractivity contribution in [2.75, 3.05) is 24.6 Å². The molecule has 1 fully saturated rings. The number of aliphatic hydroxyl groups is 1. The number of nitrogens with two attached hydrogens (primary N) is 1. The first-order chi connectivity index (χ1) is 8.04. The van der Waals surface area contributed by atoms with Crippen LogP contribution in [0.2, 0.25) is 0 Å². The van der Waals surface area contributed by atoms with Gasteiger partial charge in [0.15, 0.2) is 0 Å². The van der Waals surface area contributed by atoms with Crippen LogP contribution in [-0.4, -0.2) is 30.3 Å². The number of aryl methyl sites for hydroxylation is 1. The molecule has 3 N–H and O–H groups in total. The zero-order chi connectivity index (χ0) is 12.5. The predicted octanol–water partition coefficient (Wildman–Crippen LogP) is 2.05. The Hall–Kier alpha value is -0.580. The first-order valence-electron chi connectivity index (χ1n) is 5.95. The van der Waals surface area contributed by atoms with Gasteiger partial charge in [0, 0.05) is 28.8 Å². The average Bonchev–Trinajstić information content (AvgIpc) is 2.34. The lowest BCUT2D eigenvalue weighted by Crippen LogP contribution is -2.52. The van der Waals surface area contributed by atoms with E-state index < -0.39 is 0 Å². The van der Waals surface area contributed by atoms with Gasteiger partial charge in [0.05, 0.1) is 6.61 Å². The second-order valence-corrected chi connectivity index (χ2v) is 5.80. The Morgan fingerprint density at radius 3 is 2.59 bits per heavy atom. The molecule has 1 aliphatic heterocycles. The highest BCUT2D eigenvalue weighted by molar-refractivity contribution is 9.10. The number of rotatable bonds is 2. The number of halogens is 1. The zero-order valence-corrected chi connectivity index (χ0v) is 11.7. The second kappa shape index (κ2) is 4.96. The molecule has 1 aromatic rings. The monoisotopic (exact) mass is 298 g/mol. The Bertz CT molecular complexity index is 400. The standard InChI is InChI=1S/C13H19BrN2O/c1-10-2-3-11(8-12(10)14)16-6-4-13(15,9-17)5-7-16/h2-3,8,17H,4-7,9,15H2,1H3. The fourth-order valence-electron chi connectivity index (χ4n) is 2.15. The molecule has 0 aromatic heterocycles. The molecule has 4 heteroatoms. The van der Waals surface area contributed by atoms with Gasteiger partial charge in [-0.2, -0.15) is 0 Å². The molecule has 0 aliphatic carbocycles. The summed E-state index contributed by atoms with van der Waals surface area (Å²) in [5, 5.41) is 9.24. The van der Waals surface area contributed by atoms with Gasteiger partial charge >= 0.3 is 0 Å². The summed E-state index contributed by atoms with van der Waals surface area (Å²) in [6.07, 6.45) is 1.68. The molecule has 0 spiro atoms. The molecule has 94 valence electrons. The van der Waals surface area contributed by atoms with Crippen molar-refractivity contribution in [2.24, 2.45) is 5.73 Å². The van der Waals surface area contributed by atoms with Gasteiger partial charge in [-0.05, 0) is 37.5 Å². The summed E-state index contributed by atoms with van der Waals surface area (Å²) < 4.78 is 1.14. The smallest absolute Gasteiger partial charge is 0.0612 e. The third-order valence-corrected chi connectivity index (χ3v) is 4.45. The molecular weight excluding hydrogens is 280 g/mol. The molecule has 3 nitrogen and oxygen atoms in total. The minimum Gasteiger partial charge on any atom is -0.394 e. The number of piperidine rings is 1. The highest BCUT2D eigenvalue weighted by Gasteiger charge is 2.29. The van der Waals surface area contributed by atoms with Crippen LogP contribution in [0.25, 0.3) is 0 Å². The van der Waals surface area contributed by atoms with Gasteiger partial charge in [-0.3, -0.25) is 0 Å². The van der Waals surface area contributed by atoms with Gasteiger partial charge in [-0.25, -0.2) is 0 Å². The third kappa shape index (κ3) is 2.81. The summed E-state index contributed by atoms with van der Waals surface area (Å²) in [5.74, 6) is 0. The highest BCUT2D eigenvalue weighted by atomic mass is 79.9. The molecule has 0 amide bonds. The van der Waals surface area contributed by atoms with Crippen molar-refractivity contribution in [3.8, 4) is 0 Å². The summed E-state index contributed by atoms with van der Waals surface area (Å²) >= 11 is 3.56. The lowest BCUT2D eigenvalue weighted by molar-refractivity contribution is 0.170. The summed E-state index contributed by atoms with van der Waals surface area (Å²) in [6, 6.07) is 6.41. The number of hydrogen-bond donors (Lipinski definition) is 2. The van der Waals surface area contributed by atoms with Gasteiger partial charge in [-0.15, -0.1) is 0 Å². The number of benzene rings is 1. The van der Waals surface area contributed by atoms with E-state index in [4.69, 9.17) is 5.73 Å². The average molecular weight is 299 g/mol. The van der Waals surface area contributed by atoms with Crippen molar-refractivity contribution in [3.63, 3.8) is 0 Å². The van der Waals surface area contributed by atoms with E-state index in [1.54, 1.807) is 0 Å². The van der Waals surface area contributed by atoms with E-state index in [1.165, 1.54) is 11.3 Å². The number of anilines is 1. The lowest BCUT2D eigenvalue weighted by atomic mass is 9.89. The third-order valence-electron chi connectivity index (χ3n) is 3.59. The van der Waals surface area contributed by atoms with E-state index in [0.29, 0.717) is 0 Å². The number of hydrogen-bond acceptors (Lipinski definition) is 3. The first kappa shape index (κ1) is 12.9. The van der Waals surface area contributed by atoms with Crippen LogP contribution in [0.4, 0.5) is 5.69 Å². The summed E-state index contributed by atoms with van der Waals surface area (Å²) in [5.41, 5.74) is 8.16. The minimum atomic E-state index is -0.377. The molecular formula is C13H19BrN2O. The topological polar surface area (TPSA) is 49.5 Å². The van der Waals surface area contributed by atoms with Gasteiger partial charge in [0.2, 0.25) is 0 Å². The first-order valence-corrected chi connectivity index (χ1v) is 6.74. The molecule has 2 rings (SSSR count). The SMILES string of the molecule is Cc1ccc(N2CCC(N)(CO)CC2)cc1Br. The van der Waals surface area contributed by atoms with Crippen molar-refractivity contribution in [1.29, 1.82) is 0 Å². The lowest BCUT2D eigenvalue weighted by Gasteiger charge is -2.39. The Labute approximate surface area is 111 Å². The molecule has 0 atom stereocenters. The maximum atomic E-state index is 9.24. The normalized spacial score (nSPS) is 19.4. The molecule has 17 heavy (non-hydrogen) atoms. The van der Waals surface area contributed by atoms with E-state index in [2.05, 4.69) is 46.0 Å². The molecule has 1 saturated heterocycles. The van der Waals surface area contributed by atoms with Gasteiger partial charge < -0.3 is 15.7 Å². The predicted molar refractivity (Wildman–Crippen MR) is 74.3 cm³/mol. The summed E-state index contributed by atoms with van der Waals surface area (Å²) in [7, 11) is 0. The van der Waals surface area contributed by atoms with E-state index in [-0.39, 0.29) is 12.1 Å². The van der Waals surface area contributed by atoms with E-state index in [1.807, 2.05) is 0 Å². The Kier molecular flexibility index (Phi) is 3.76. The van der Waals surface area contributed by atoms with Crippen LogP contribution in [0.5, 0.6) is 0 Å². The van der Waals surface area contributed by atoms with Crippen LogP contribution in [0.15, 0.2) is 22.7 Å². The summed E-state index contributed by atoms with van der Waals surface area (Å²) in [6.45, 7) is 3.98. The Morgan fingerprint density at radius 1 is 1.41 bits per heavy atom. The van der Waals surface area contributed by atoms with Crippen LogP contribution >= 0.6 is 15.9 Å². The number of nitrogens with zero attached hydrogens (tertiary/aromatic N) is 1. The van der Waals surface area contributed by atoms with E-state index in [0.717, 1.165) is 30.4 Å². The van der Waals surface area contributed by atoms with E-state index >= 15 is 0 Å². The summed E-state index contributed by atoms with van der Waals surface area (Å²) in [4.78, 5) is 2.32. The van der Waals surface area contributed by atoms with Crippen LogP contribution in [0.1, 0.15) is 18.4 Å². The Morgan fingerprint density at radius 2 is 2.06 bits per heavy atom.